The molecule has 188 valence electrons. The monoisotopic (exact) mass is 478 g/mol. The van der Waals surface area contributed by atoms with Crippen LogP contribution in [0.1, 0.15) is 55.4 Å². The molecule has 1 saturated heterocycles. The molecule has 3 N–H and O–H groups in total. The number of aryl methyl sites for hydroxylation is 2. The Morgan fingerprint density at radius 3 is 2.20 bits per heavy atom. The van der Waals surface area contributed by atoms with E-state index in [1.807, 2.05) is 44.2 Å². The van der Waals surface area contributed by atoms with Crippen LogP contribution in [0.2, 0.25) is 0 Å². The Hall–Kier alpha value is -3.78. The first-order chi connectivity index (χ1) is 17.0. The second-order valence-corrected chi connectivity index (χ2v) is 8.88. The van der Waals surface area contributed by atoms with Crippen LogP contribution in [-0.2, 0) is 0 Å². The number of carbonyl (C=O) groups is 2. The third-order valence-corrected chi connectivity index (χ3v) is 6.18. The highest BCUT2D eigenvalue weighted by Crippen LogP contribution is 2.18. The molecular weight excluding hydrogens is 440 g/mol. The normalized spacial score (nSPS) is 13.8. The summed E-state index contributed by atoms with van der Waals surface area (Å²) < 4.78 is 0. The topological polar surface area (TPSA) is 99.2 Å². The first-order valence-corrected chi connectivity index (χ1v) is 12.1. The second-order valence-electron chi connectivity index (χ2n) is 8.88. The SMILES string of the molecule is Cc1cccc(C)c1C(=O)Nc1cnc(Nc2ccc(C(=O)NCCN3CCCCC3)cc2)nc1.[HH].[HH].[HH]. The molecule has 0 aliphatic carbocycles. The lowest BCUT2D eigenvalue weighted by Crippen LogP contribution is -2.37. The number of nitrogens with zero attached hydrogens (tertiary/aromatic N) is 3. The summed E-state index contributed by atoms with van der Waals surface area (Å²) in [6.45, 7) is 7.62. The van der Waals surface area contributed by atoms with Crippen molar-refractivity contribution in [2.75, 3.05) is 36.8 Å². The van der Waals surface area contributed by atoms with Gasteiger partial charge in [0.05, 0.1) is 18.1 Å². The largest absolute Gasteiger partial charge is 0.351 e. The summed E-state index contributed by atoms with van der Waals surface area (Å²) in [5.41, 5.74) is 4.38. The number of carbonyl (C=O) groups excluding carboxylic acids is 2. The van der Waals surface area contributed by atoms with Gasteiger partial charge in [-0.15, -0.1) is 0 Å². The van der Waals surface area contributed by atoms with Crippen molar-refractivity contribution in [3.63, 3.8) is 0 Å². The molecule has 0 bridgehead atoms. The number of benzene rings is 2. The molecular formula is C27H38N6O2. The van der Waals surface area contributed by atoms with Crippen LogP contribution in [-0.4, -0.2) is 52.9 Å². The number of amides is 2. The number of hydrogen-bond acceptors (Lipinski definition) is 6. The van der Waals surface area contributed by atoms with Crippen LogP contribution in [0.3, 0.4) is 0 Å². The lowest BCUT2D eigenvalue weighted by Gasteiger charge is -2.26. The lowest BCUT2D eigenvalue weighted by molar-refractivity contribution is 0.0945. The maximum Gasteiger partial charge on any atom is 0.256 e. The highest BCUT2D eigenvalue weighted by atomic mass is 16.2. The Morgan fingerprint density at radius 2 is 1.54 bits per heavy atom. The minimum absolute atomic E-state index is 0. The van der Waals surface area contributed by atoms with Crippen LogP contribution in [0.4, 0.5) is 17.3 Å². The number of rotatable bonds is 8. The van der Waals surface area contributed by atoms with Gasteiger partial charge in [0.2, 0.25) is 5.95 Å². The summed E-state index contributed by atoms with van der Waals surface area (Å²) in [6.07, 6.45) is 6.92. The van der Waals surface area contributed by atoms with Gasteiger partial charge < -0.3 is 20.9 Å². The fourth-order valence-electron chi connectivity index (χ4n) is 4.27. The summed E-state index contributed by atoms with van der Waals surface area (Å²) in [5, 5.41) is 8.96. The van der Waals surface area contributed by atoms with E-state index in [0.29, 0.717) is 29.3 Å². The zero-order valence-corrected chi connectivity index (χ0v) is 20.3. The van der Waals surface area contributed by atoms with Crippen molar-refractivity contribution in [1.29, 1.82) is 0 Å². The van der Waals surface area contributed by atoms with E-state index in [1.54, 1.807) is 24.5 Å². The average molecular weight is 479 g/mol. The van der Waals surface area contributed by atoms with Crippen molar-refractivity contribution in [3.8, 4) is 0 Å². The van der Waals surface area contributed by atoms with Crippen LogP contribution < -0.4 is 16.0 Å². The van der Waals surface area contributed by atoms with E-state index >= 15 is 0 Å². The van der Waals surface area contributed by atoms with E-state index in [9.17, 15) is 9.59 Å². The van der Waals surface area contributed by atoms with Gasteiger partial charge in [-0.3, -0.25) is 9.59 Å². The summed E-state index contributed by atoms with van der Waals surface area (Å²) in [5.74, 6) is 0.136. The Kier molecular flexibility index (Phi) is 8.05. The number of anilines is 3. The number of likely N-dealkylation sites (tertiary alicyclic amines) is 1. The molecule has 3 aromatic rings. The molecule has 2 heterocycles. The van der Waals surface area contributed by atoms with Crippen molar-refractivity contribution in [2.45, 2.75) is 33.1 Å². The molecule has 1 aromatic heterocycles. The fraction of sp³-hybridized carbons (Fsp3) is 0.333. The molecule has 1 aliphatic rings. The molecule has 35 heavy (non-hydrogen) atoms. The smallest absolute Gasteiger partial charge is 0.256 e. The fourth-order valence-corrected chi connectivity index (χ4v) is 4.27. The van der Waals surface area contributed by atoms with Gasteiger partial charge in [-0.2, -0.15) is 0 Å². The second kappa shape index (κ2) is 11.6. The molecule has 4 rings (SSSR count). The predicted octanol–water partition coefficient (Wildman–Crippen LogP) is 5.04. The minimum Gasteiger partial charge on any atom is -0.351 e. The predicted molar refractivity (Wildman–Crippen MR) is 145 cm³/mol. The standard InChI is InChI=1S/C27H32N6O2.3H2/c1-19-7-6-8-20(2)24(19)26(35)31-23-17-29-27(30-18-23)32-22-11-9-21(10-12-22)25(34)28-13-16-33-14-4-3-5-15-33;;;/h6-12,17-18H,3-5,13-16H2,1-2H3,(H,28,34)(H,31,35)(H,29,30,32);3*1H. The zero-order valence-electron chi connectivity index (χ0n) is 20.3. The maximum atomic E-state index is 12.6. The van der Waals surface area contributed by atoms with E-state index in [0.717, 1.165) is 36.4 Å². The molecule has 0 saturated carbocycles. The number of nitrogens with one attached hydrogen (secondary N) is 3. The van der Waals surface area contributed by atoms with E-state index < -0.39 is 0 Å². The van der Waals surface area contributed by atoms with Crippen molar-refractivity contribution < 1.29 is 13.9 Å². The molecule has 2 amide bonds. The minimum atomic E-state index is -0.185. The van der Waals surface area contributed by atoms with Gasteiger partial charge in [-0.25, -0.2) is 9.97 Å². The highest BCUT2D eigenvalue weighted by molar-refractivity contribution is 6.06. The number of aromatic nitrogens is 2. The first kappa shape index (κ1) is 24.3. The van der Waals surface area contributed by atoms with Crippen LogP contribution in [0.25, 0.3) is 0 Å². The van der Waals surface area contributed by atoms with Gasteiger partial charge in [0.1, 0.15) is 0 Å². The number of hydrogen-bond donors (Lipinski definition) is 3. The molecule has 1 aliphatic heterocycles. The quantitative estimate of drug-likeness (QED) is 0.419. The van der Waals surface area contributed by atoms with Crippen LogP contribution in [0.5, 0.6) is 0 Å². The molecule has 2 aromatic carbocycles. The van der Waals surface area contributed by atoms with Crippen LogP contribution >= 0.6 is 0 Å². The van der Waals surface area contributed by atoms with Crippen molar-refractivity contribution in [2.24, 2.45) is 0 Å². The Labute approximate surface area is 210 Å². The Morgan fingerprint density at radius 1 is 0.886 bits per heavy atom. The van der Waals surface area contributed by atoms with E-state index in [2.05, 4.69) is 30.8 Å². The maximum absolute atomic E-state index is 12.6. The Bertz CT molecular complexity index is 1150. The van der Waals surface area contributed by atoms with Gasteiger partial charge in [0.25, 0.3) is 11.8 Å². The molecule has 8 nitrogen and oxygen atoms in total. The summed E-state index contributed by atoms with van der Waals surface area (Å²) in [4.78, 5) is 36.0. The van der Waals surface area contributed by atoms with Gasteiger partial charge in [-0.05, 0) is 75.2 Å². The van der Waals surface area contributed by atoms with Crippen LogP contribution in [0, 0.1) is 13.8 Å². The Balaban J connectivity index is 0.00000241. The molecule has 0 radical (unpaired) electrons. The summed E-state index contributed by atoms with van der Waals surface area (Å²) in [7, 11) is 0. The molecule has 1 fully saturated rings. The summed E-state index contributed by atoms with van der Waals surface area (Å²) in [6, 6.07) is 12.9. The lowest BCUT2D eigenvalue weighted by atomic mass is 10.0. The molecule has 8 heteroatoms. The molecule has 0 spiro atoms. The highest BCUT2D eigenvalue weighted by Gasteiger charge is 2.13. The van der Waals surface area contributed by atoms with Gasteiger partial charge in [0.15, 0.2) is 0 Å². The third kappa shape index (κ3) is 6.64. The van der Waals surface area contributed by atoms with Gasteiger partial charge in [0, 0.05) is 34.2 Å². The number of piperidine rings is 1. The van der Waals surface area contributed by atoms with Gasteiger partial charge in [-0.1, -0.05) is 24.6 Å². The van der Waals surface area contributed by atoms with Crippen molar-refractivity contribution in [3.05, 3.63) is 77.1 Å². The zero-order chi connectivity index (χ0) is 24.6. The average Bonchev–Trinajstić information content (AvgIpc) is 2.86. The molecule has 0 unspecified atom stereocenters. The van der Waals surface area contributed by atoms with Crippen molar-refractivity contribution >= 4 is 29.1 Å². The summed E-state index contributed by atoms with van der Waals surface area (Å²) >= 11 is 0. The first-order valence-electron chi connectivity index (χ1n) is 12.1. The third-order valence-electron chi connectivity index (χ3n) is 6.18. The van der Waals surface area contributed by atoms with E-state index in [1.165, 1.54) is 19.3 Å². The van der Waals surface area contributed by atoms with E-state index in [-0.39, 0.29) is 16.1 Å². The van der Waals surface area contributed by atoms with Crippen LogP contribution in [0.15, 0.2) is 54.9 Å². The van der Waals surface area contributed by atoms with Crippen molar-refractivity contribution in [1.82, 2.24) is 20.2 Å². The van der Waals surface area contributed by atoms with E-state index in [4.69, 9.17) is 0 Å². The molecule has 0 atom stereocenters. The van der Waals surface area contributed by atoms with Gasteiger partial charge >= 0.3 is 0 Å².